The van der Waals surface area contributed by atoms with E-state index in [0.29, 0.717) is 22.3 Å². The summed E-state index contributed by atoms with van der Waals surface area (Å²) < 4.78 is 24.2. The highest BCUT2D eigenvalue weighted by molar-refractivity contribution is 7.48. The molecule has 35 heavy (non-hydrogen) atoms. The Balaban J connectivity index is 2.58. The number of phosphoric acid groups is 1. The summed E-state index contributed by atoms with van der Waals surface area (Å²) in [4.78, 5) is 10.7. The van der Waals surface area contributed by atoms with Crippen molar-refractivity contribution in [3.05, 3.63) is 46.5 Å². The molecule has 6 nitrogen and oxygen atoms in total. The van der Waals surface area contributed by atoms with Gasteiger partial charge in [0.05, 0.1) is 0 Å². The minimum atomic E-state index is -4.62. The molecule has 0 unspecified atom stereocenters. The fraction of sp³-hybridized carbons (Fsp3) is 0.571. The first kappa shape index (κ1) is 29.1. The maximum absolute atomic E-state index is 13.2. The molecule has 0 aromatic heterocycles. The van der Waals surface area contributed by atoms with Crippen LogP contribution in [0.25, 0.3) is 0 Å². The third-order valence-corrected chi connectivity index (χ3v) is 6.72. The lowest BCUT2D eigenvalue weighted by atomic mass is 9.79. The topological polar surface area (TPSA) is 96.2 Å². The van der Waals surface area contributed by atoms with Gasteiger partial charge in [0, 0.05) is 22.3 Å². The molecule has 0 heterocycles. The van der Waals surface area contributed by atoms with E-state index < -0.39 is 29.5 Å². The summed E-state index contributed by atoms with van der Waals surface area (Å²) in [5.41, 5.74) is 0.718. The van der Waals surface area contributed by atoms with Crippen molar-refractivity contribution in [3.63, 3.8) is 0 Å². The summed E-state index contributed by atoms with van der Waals surface area (Å²) in [6.07, 6.45) is 0. The van der Waals surface area contributed by atoms with Gasteiger partial charge in [-0.25, -0.2) is 4.57 Å². The predicted octanol–water partition coefficient (Wildman–Crippen LogP) is 7.85. The second-order valence-electron chi connectivity index (χ2n) is 13.4. The van der Waals surface area contributed by atoms with Gasteiger partial charge < -0.3 is 19.3 Å². The summed E-state index contributed by atoms with van der Waals surface area (Å²) in [7, 11) is -4.62. The van der Waals surface area contributed by atoms with Crippen molar-refractivity contribution < 1.29 is 28.7 Å². The van der Waals surface area contributed by atoms with Gasteiger partial charge in [-0.05, 0) is 45.9 Å². The molecular formula is C28H43O6P. The molecule has 0 bridgehead atoms. The Hall–Kier alpha value is -2.17. The van der Waals surface area contributed by atoms with E-state index >= 15 is 0 Å². The molecule has 0 atom stereocenters. The average molecular weight is 507 g/mol. The SMILES string of the molecule is CC(C)(C)c1cc(OP(=O)(O)Oc2cc(C(C)(C)C)c(O)c(C(C)(C)C)c2)cc(C(C)(C)C)c1O. The van der Waals surface area contributed by atoms with E-state index in [4.69, 9.17) is 9.05 Å². The number of phosphoric ester groups is 1. The molecule has 0 aliphatic carbocycles. The van der Waals surface area contributed by atoms with Crippen LogP contribution in [-0.2, 0) is 26.2 Å². The molecule has 7 heteroatoms. The molecule has 0 amide bonds. The normalized spacial score (nSPS) is 13.6. The van der Waals surface area contributed by atoms with Crippen LogP contribution >= 0.6 is 7.82 Å². The third-order valence-electron chi connectivity index (χ3n) is 5.84. The zero-order valence-electron chi connectivity index (χ0n) is 23.3. The lowest BCUT2D eigenvalue weighted by Gasteiger charge is -2.29. The molecule has 3 N–H and O–H groups in total. The van der Waals surface area contributed by atoms with Gasteiger partial charge >= 0.3 is 7.82 Å². The van der Waals surface area contributed by atoms with Gasteiger partial charge in [0.25, 0.3) is 0 Å². The Bertz CT molecular complexity index is 980. The Morgan fingerprint density at radius 1 is 0.543 bits per heavy atom. The smallest absolute Gasteiger partial charge is 0.507 e. The van der Waals surface area contributed by atoms with Crippen LogP contribution in [0.15, 0.2) is 24.3 Å². The highest BCUT2D eigenvalue weighted by atomic mass is 31.2. The van der Waals surface area contributed by atoms with E-state index in [9.17, 15) is 19.7 Å². The number of phenols is 2. The predicted molar refractivity (Wildman–Crippen MR) is 142 cm³/mol. The molecule has 0 aliphatic rings. The molecule has 2 aromatic rings. The van der Waals surface area contributed by atoms with Crippen molar-refractivity contribution in [2.24, 2.45) is 0 Å². The standard InChI is InChI=1S/C28H43O6P/c1-25(2,3)19-13-17(14-20(23(19)29)26(4,5)6)33-35(31,32)34-18-15-21(27(7,8)9)24(30)22(16-18)28(10,11)12/h13-16,29-30H,1-12H3,(H,31,32). The van der Waals surface area contributed by atoms with E-state index in [0.717, 1.165) is 0 Å². The fourth-order valence-electron chi connectivity index (χ4n) is 3.89. The average Bonchev–Trinajstić information content (AvgIpc) is 2.60. The number of rotatable bonds is 4. The van der Waals surface area contributed by atoms with E-state index in [2.05, 4.69) is 0 Å². The van der Waals surface area contributed by atoms with Crippen LogP contribution in [0, 0.1) is 0 Å². The summed E-state index contributed by atoms with van der Waals surface area (Å²) in [6, 6.07) is 6.31. The zero-order valence-corrected chi connectivity index (χ0v) is 24.2. The molecule has 2 aromatic carbocycles. The first-order valence-electron chi connectivity index (χ1n) is 11.9. The van der Waals surface area contributed by atoms with Gasteiger partial charge in [0.1, 0.15) is 23.0 Å². The van der Waals surface area contributed by atoms with Crippen molar-refractivity contribution in [2.45, 2.75) is 105 Å². The van der Waals surface area contributed by atoms with E-state index in [-0.39, 0.29) is 23.0 Å². The molecule has 0 saturated heterocycles. The molecule has 196 valence electrons. The first-order chi connectivity index (χ1) is 15.4. The molecule has 0 spiro atoms. The van der Waals surface area contributed by atoms with Crippen LogP contribution in [0.1, 0.15) is 105 Å². The van der Waals surface area contributed by atoms with Crippen LogP contribution in [0.5, 0.6) is 23.0 Å². The van der Waals surface area contributed by atoms with E-state index in [1.807, 2.05) is 83.1 Å². The number of hydrogen-bond acceptors (Lipinski definition) is 5. The minimum absolute atomic E-state index is 0.134. The zero-order chi connectivity index (χ0) is 27.4. The van der Waals surface area contributed by atoms with Gasteiger partial charge in [-0.15, -0.1) is 0 Å². The highest BCUT2D eigenvalue weighted by Gasteiger charge is 2.33. The van der Waals surface area contributed by atoms with Crippen LogP contribution < -0.4 is 9.05 Å². The van der Waals surface area contributed by atoms with E-state index in [1.54, 1.807) is 24.3 Å². The Morgan fingerprint density at radius 3 is 0.914 bits per heavy atom. The second kappa shape index (κ2) is 9.05. The Labute approximate surface area is 210 Å². The number of aromatic hydroxyl groups is 2. The maximum Gasteiger partial charge on any atom is 0.584 e. The number of phenolic OH excluding ortho intramolecular Hbond substituents is 2. The van der Waals surface area contributed by atoms with Crippen molar-refractivity contribution in [1.29, 1.82) is 0 Å². The summed E-state index contributed by atoms with van der Waals surface area (Å²) in [6.45, 7) is 23.4. The molecular weight excluding hydrogens is 463 g/mol. The van der Waals surface area contributed by atoms with Gasteiger partial charge in [-0.2, -0.15) is 0 Å². The Morgan fingerprint density at radius 2 is 0.743 bits per heavy atom. The summed E-state index contributed by atoms with van der Waals surface area (Å²) in [5, 5.41) is 21.8. The van der Waals surface area contributed by atoms with Crippen molar-refractivity contribution >= 4 is 7.82 Å². The van der Waals surface area contributed by atoms with Crippen molar-refractivity contribution in [3.8, 4) is 23.0 Å². The molecule has 0 radical (unpaired) electrons. The summed E-state index contributed by atoms with van der Waals surface area (Å²) >= 11 is 0. The van der Waals surface area contributed by atoms with Gasteiger partial charge in [0.2, 0.25) is 0 Å². The first-order valence-corrected chi connectivity index (χ1v) is 13.4. The van der Waals surface area contributed by atoms with Crippen molar-refractivity contribution in [1.82, 2.24) is 0 Å². The highest BCUT2D eigenvalue weighted by Crippen LogP contribution is 2.50. The van der Waals surface area contributed by atoms with Gasteiger partial charge in [-0.1, -0.05) is 83.1 Å². The minimum Gasteiger partial charge on any atom is -0.507 e. The quantitative estimate of drug-likeness (QED) is 0.366. The summed E-state index contributed by atoms with van der Waals surface area (Å²) in [5.74, 6) is 0.562. The third kappa shape index (κ3) is 6.95. The van der Waals surface area contributed by atoms with Crippen LogP contribution in [0.3, 0.4) is 0 Å². The van der Waals surface area contributed by atoms with Gasteiger partial charge in [-0.3, -0.25) is 4.89 Å². The molecule has 0 fully saturated rings. The monoisotopic (exact) mass is 506 g/mol. The number of hydrogen-bond donors (Lipinski definition) is 3. The lowest BCUT2D eigenvalue weighted by molar-refractivity contribution is 0.288. The largest absolute Gasteiger partial charge is 0.584 e. The van der Waals surface area contributed by atoms with Crippen LogP contribution in [0.4, 0.5) is 0 Å². The van der Waals surface area contributed by atoms with E-state index in [1.165, 1.54) is 0 Å². The lowest BCUT2D eigenvalue weighted by Crippen LogP contribution is -2.18. The van der Waals surface area contributed by atoms with Crippen LogP contribution in [0.2, 0.25) is 0 Å². The maximum atomic E-state index is 13.2. The fourth-order valence-corrected chi connectivity index (χ4v) is 4.67. The molecule has 0 saturated carbocycles. The molecule has 2 rings (SSSR count). The molecule has 0 aliphatic heterocycles. The van der Waals surface area contributed by atoms with Crippen molar-refractivity contribution in [2.75, 3.05) is 0 Å². The number of benzene rings is 2. The van der Waals surface area contributed by atoms with Gasteiger partial charge in [0.15, 0.2) is 0 Å². The Kier molecular flexibility index (Phi) is 7.51. The second-order valence-corrected chi connectivity index (χ2v) is 14.7. The van der Waals surface area contributed by atoms with Crippen LogP contribution in [-0.4, -0.2) is 15.1 Å².